The number of benzene rings is 1. The van der Waals surface area contributed by atoms with E-state index in [1.807, 2.05) is 6.20 Å². The fourth-order valence-corrected chi connectivity index (χ4v) is 2.79. The molecule has 1 N–H and O–H groups in total. The van der Waals surface area contributed by atoms with Crippen LogP contribution in [0.5, 0.6) is 0 Å². The average molecular weight is 255 g/mol. The third-order valence-corrected chi connectivity index (χ3v) is 3.85. The first-order valence-electron chi connectivity index (χ1n) is 7.22. The lowest BCUT2D eigenvalue weighted by atomic mass is 10.0. The van der Waals surface area contributed by atoms with Gasteiger partial charge in [-0.1, -0.05) is 36.8 Å². The molecule has 19 heavy (non-hydrogen) atoms. The number of nitrogens with one attached hydrogen (secondary N) is 1. The summed E-state index contributed by atoms with van der Waals surface area (Å²) in [5.74, 6) is 1.20. The largest absolute Gasteiger partial charge is 0.333 e. The van der Waals surface area contributed by atoms with Crippen LogP contribution in [0.4, 0.5) is 0 Å². The van der Waals surface area contributed by atoms with Crippen molar-refractivity contribution in [3.8, 4) is 0 Å². The second-order valence-electron chi connectivity index (χ2n) is 5.22. The number of hydrogen-bond donors (Lipinski definition) is 1. The van der Waals surface area contributed by atoms with Crippen LogP contribution in [-0.2, 0) is 13.0 Å². The molecule has 2 heterocycles. The highest BCUT2D eigenvalue weighted by molar-refractivity contribution is 5.15. The number of piperidine rings is 1. The summed E-state index contributed by atoms with van der Waals surface area (Å²) in [5.41, 5.74) is 1.39. The molecule has 0 aliphatic carbocycles. The third-order valence-electron chi connectivity index (χ3n) is 3.85. The van der Waals surface area contributed by atoms with Crippen molar-refractivity contribution < 1.29 is 0 Å². The summed E-state index contributed by atoms with van der Waals surface area (Å²) in [6.07, 6.45) is 8.91. The van der Waals surface area contributed by atoms with Crippen LogP contribution in [0.2, 0.25) is 0 Å². The van der Waals surface area contributed by atoms with E-state index in [9.17, 15) is 0 Å². The van der Waals surface area contributed by atoms with Crippen LogP contribution in [-0.4, -0.2) is 16.1 Å². The molecule has 2 aromatic rings. The molecule has 1 unspecified atom stereocenters. The Kier molecular flexibility index (Phi) is 3.94. The maximum Gasteiger partial charge on any atom is 0.125 e. The topological polar surface area (TPSA) is 29.9 Å². The van der Waals surface area contributed by atoms with Gasteiger partial charge in [0.25, 0.3) is 0 Å². The molecule has 1 aliphatic rings. The molecule has 0 amide bonds. The Morgan fingerprint density at radius 1 is 1.21 bits per heavy atom. The van der Waals surface area contributed by atoms with Gasteiger partial charge in [-0.25, -0.2) is 4.98 Å². The maximum absolute atomic E-state index is 4.55. The lowest BCUT2D eigenvalue weighted by Crippen LogP contribution is -2.29. The van der Waals surface area contributed by atoms with E-state index >= 15 is 0 Å². The molecular formula is C16H21N3. The van der Waals surface area contributed by atoms with E-state index in [0.717, 1.165) is 19.5 Å². The summed E-state index contributed by atoms with van der Waals surface area (Å²) >= 11 is 0. The van der Waals surface area contributed by atoms with Crippen LogP contribution < -0.4 is 5.32 Å². The standard InChI is InChI=1S/C16H21N3/c1-2-6-14(7-3-1)9-12-19-13-11-18-16(19)15-8-4-5-10-17-15/h1-3,6-7,11,13,15,17H,4-5,8-10,12H2. The molecule has 0 radical (unpaired) electrons. The Morgan fingerprint density at radius 2 is 2.11 bits per heavy atom. The summed E-state index contributed by atoms with van der Waals surface area (Å²) in [6, 6.07) is 11.1. The number of aryl methyl sites for hydroxylation is 2. The molecule has 1 saturated heterocycles. The van der Waals surface area contributed by atoms with Gasteiger partial charge in [-0.2, -0.15) is 0 Å². The van der Waals surface area contributed by atoms with Gasteiger partial charge in [-0.3, -0.25) is 0 Å². The molecule has 3 heteroatoms. The summed E-state index contributed by atoms with van der Waals surface area (Å²) in [6.45, 7) is 2.13. The summed E-state index contributed by atoms with van der Waals surface area (Å²) < 4.78 is 2.30. The highest BCUT2D eigenvalue weighted by Crippen LogP contribution is 2.21. The molecule has 1 aromatic heterocycles. The number of rotatable bonds is 4. The Hall–Kier alpha value is -1.61. The lowest BCUT2D eigenvalue weighted by molar-refractivity contribution is 0.385. The van der Waals surface area contributed by atoms with Crippen LogP contribution >= 0.6 is 0 Å². The lowest BCUT2D eigenvalue weighted by Gasteiger charge is -2.23. The average Bonchev–Trinajstić information content (AvgIpc) is 2.95. The quantitative estimate of drug-likeness (QED) is 0.910. The highest BCUT2D eigenvalue weighted by atomic mass is 15.1. The highest BCUT2D eigenvalue weighted by Gasteiger charge is 2.18. The zero-order valence-electron chi connectivity index (χ0n) is 11.3. The van der Waals surface area contributed by atoms with Gasteiger partial charge in [0.15, 0.2) is 0 Å². The Labute approximate surface area is 114 Å². The fraction of sp³-hybridized carbons (Fsp3) is 0.438. The van der Waals surface area contributed by atoms with Gasteiger partial charge in [0.1, 0.15) is 5.82 Å². The van der Waals surface area contributed by atoms with Crippen LogP contribution in [0.3, 0.4) is 0 Å². The second-order valence-corrected chi connectivity index (χ2v) is 5.22. The molecule has 0 saturated carbocycles. The molecule has 3 nitrogen and oxygen atoms in total. The predicted octanol–water partition coefficient (Wildman–Crippen LogP) is 2.94. The Balaban J connectivity index is 1.66. The molecule has 1 atom stereocenters. The zero-order chi connectivity index (χ0) is 12.9. The maximum atomic E-state index is 4.55. The van der Waals surface area contributed by atoms with Crippen molar-refractivity contribution in [3.63, 3.8) is 0 Å². The van der Waals surface area contributed by atoms with Gasteiger partial charge in [0, 0.05) is 18.9 Å². The van der Waals surface area contributed by atoms with Gasteiger partial charge in [0.05, 0.1) is 6.04 Å². The van der Waals surface area contributed by atoms with Gasteiger partial charge in [0.2, 0.25) is 0 Å². The van der Waals surface area contributed by atoms with E-state index < -0.39 is 0 Å². The molecule has 0 bridgehead atoms. The first-order chi connectivity index (χ1) is 9.43. The van der Waals surface area contributed by atoms with E-state index in [4.69, 9.17) is 0 Å². The van der Waals surface area contributed by atoms with Crippen LogP contribution in [0.15, 0.2) is 42.7 Å². The molecule has 1 aromatic carbocycles. The zero-order valence-corrected chi connectivity index (χ0v) is 11.3. The van der Waals surface area contributed by atoms with E-state index in [-0.39, 0.29) is 0 Å². The minimum atomic E-state index is 0.444. The van der Waals surface area contributed by atoms with Crippen molar-refractivity contribution >= 4 is 0 Å². The first-order valence-corrected chi connectivity index (χ1v) is 7.22. The Bertz CT molecular complexity index is 498. The molecular weight excluding hydrogens is 234 g/mol. The summed E-state index contributed by atoms with van der Waals surface area (Å²) in [4.78, 5) is 4.55. The van der Waals surface area contributed by atoms with Gasteiger partial charge in [-0.15, -0.1) is 0 Å². The minimum Gasteiger partial charge on any atom is -0.333 e. The van der Waals surface area contributed by atoms with E-state index in [2.05, 4.69) is 51.4 Å². The molecule has 100 valence electrons. The Morgan fingerprint density at radius 3 is 2.89 bits per heavy atom. The van der Waals surface area contributed by atoms with Gasteiger partial charge < -0.3 is 9.88 Å². The number of aromatic nitrogens is 2. The predicted molar refractivity (Wildman–Crippen MR) is 77.0 cm³/mol. The van der Waals surface area contributed by atoms with Crippen LogP contribution in [0, 0.1) is 0 Å². The van der Waals surface area contributed by atoms with Gasteiger partial charge >= 0.3 is 0 Å². The van der Waals surface area contributed by atoms with Crippen LogP contribution in [0.1, 0.15) is 36.7 Å². The fourth-order valence-electron chi connectivity index (χ4n) is 2.79. The normalized spacial score (nSPS) is 19.5. The SMILES string of the molecule is c1ccc(CCn2ccnc2C2CCCCN2)cc1. The first kappa shape index (κ1) is 12.4. The molecule has 1 aliphatic heterocycles. The summed E-state index contributed by atoms with van der Waals surface area (Å²) in [5, 5.41) is 3.58. The van der Waals surface area contributed by atoms with Gasteiger partial charge in [-0.05, 0) is 31.4 Å². The van der Waals surface area contributed by atoms with E-state index in [1.165, 1.54) is 30.7 Å². The van der Waals surface area contributed by atoms with Crippen molar-refractivity contribution in [1.82, 2.24) is 14.9 Å². The van der Waals surface area contributed by atoms with Crippen molar-refractivity contribution in [2.45, 2.75) is 38.3 Å². The number of imidazole rings is 1. The number of hydrogen-bond acceptors (Lipinski definition) is 2. The smallest absolute Gasteiger partial charge is 0.125 e. The third kappa shape index (κ3) is 3.04. The van der Waals surface area contributed by atoms with Crippen molar-refractivity contribution in [2.24, 2.45) is 0 Å². The molecule has 1 fully saturated rings. The summed E-state index contributed by atoms with van der Waals surface area (Å²) in [7, 11) is 0. The molecule has 3 rings (SSSR count). The van der Waals surface area contributed by atoms with Crippen molar-refractivity contribution in [1.29, 1.82) is 0 Å². The van der Waals surface area contributed by atoms with Crippen molar-refractivity contribution in [3.05, 3.63) is 54.1 Å². The molecule has 0 spiro atoms. The monoisotopic (exact) mass is 255 g/mol. The number of nitrogens with zero attached hydrogens (tertiary/aromatic N) is 2. The van der Waals surface area contributed by atoms with Crippen molar-refractivity contribution in [2.75, 3.05) is 6.54 Å². The van der Waals surface area contributed by atoms with E-state index in [0.29, 0.717) is 6.04 Å². The van der Waals surface area contributed by atoms with Crippen LogP contribution in [0.25, 0.3) is 0 Å². The minimum absolute atomic E-state index is 0.444. The second kappa shape index (κ2) is 6.02. The van der Waals surface area contributed by atoms with E-state index in [1.54, 1.807) is 0 Å².